The van der Waals surface area contributed by atoms with E-state index < -0.39 is 0 Å². The van der Waals surface area contributed by atoms with E-state index in [1.54, 1.807) is 22.7 Å². The van der Waals surface area contributed by atoms with Crippen LogP contribution < -0.4 is 10.2 Å². The van der Waals surface area contributed by atoms with Crippen molar-refractivity contribution < 1.29 is 0 Å². The maximum atomic E-state index is 4.65. The quantitative estimate of drug-likeness (QED) is 0.797. The average molecular weight is 296 g/mol. The largest absolute Gasteiger partial charge is 0.345 e. The molecule has 6 heteroatoms. The second-order valence-electron chi connectivity index (χ2n) is 4.52. The lowest BCUT2D eigenvalue weighted by Gasteiger charge is -2.13. The highest BCUT2D eigenvalue weighted by atomic mass is 32.1. The van der Waals surface area contributed by atoms with Gasteiger partial charge in [-0.15, -0.1) is 22.7 Å². The number of thiazole rings is 2. The molecule has 0 spiro atoms. The van der Waals surface area contributed by atoms with Gasteiger partial charge in [0.1, 0.15) is 0 Å². The Morgan fingerprint density at radius 3 is 2.95 bits per heavy atom. The minimum atomic E-state index is 0.818. The third-order valence-corrected chi connectivity index (χ3v) is 4.71. The summed E-state index contributed by atoms with van der Waals surface area (Å²) in [6.07, 6.45) is 1.16. The van der Waals surface area contributed by atoms with Gasteiger partial charge in [-0.05, 0) is 19.9 Å². The van der Waals surface area contributed by atoms with E-state index in [1.165, 1.54) is 4.88 Å². The first-order valence-electron chi connectivity index (χ1n) is 6.46. The molecular formula is C13H20N4S2. The Hall–Kier alpha value is -0.980. The fraction of sp³-hybridized carbons (Fsp3) is 0.538. The van der Waals surface area contributed by atoms with Crippen LogP contribution in [-0.2, 0) is 13.1 Å². The highest BCUT2D eigenvalue weighted by Gasteiger charge is 2.11. The van der Waals surface area contributed by atoms with E-state index in [0.29, 0.717) is 0 Å². The Morgan fingerprint density at radius 2 is 2.26 bits per heavy atom. The Kier molecular flexibility index (Phi) is 5.30. The van der Waals surface area contributed by atoms with E-state index in [2.05, 4.69) is 46.5 Å². The maximum absolute atomic E-state index is 4.65. The van der Waals surface area contributed by atoms with Crippen LogP contribution in [0.15, 0.2) is 10.9 Å². The van der Waals surface area contributed by atoms with Crippen molar-refractivity contribution >= 4 is 27.8 Å². The first-order chi connectivity index (χ1) is 9.20. The lowest BCUT2D eigenvalue weighted by molar-refractivity contribution is 0.678. The van der Waals surface area contributed by atoms with Crippen LogP contribution in [0, 0.1) is 6.92 Å². The standard InChI is InChI=1S/C13H20N4S2/c1-4-5-14-6-12-10(2)16-13(19-12)17(3)7-11-8-18-9-15-11/h8-9,14H,4-7H2,1-3H3. The molecule has 104 valence electrons. The summed E-state index contributed by atoms with van der Waals surface area (Å²) in [4.78, 5) is 12.5. The topological polar surface area (TPSA) is 41.0 Å². The molecule has 1 N–H and O–H groups in total. The summed E-state index contributed by atoms with van der Waals surface area (Å²) in [5.74, 6) is 0. The van der Waals surface area contributed by atoms with Gasteiger partial charge in [0.05, 0.1) is 23.4 Å². The van der Waals surface area contributed by atoms with Gasteiger partial charge in [0.2, 0.25) is 0 Å². The number of anilines is 1. The molecule has 0 saturated heterocycles. The van der Waals surface area contributed by atoms with Gasteiger partial charge in [-0.2, -0.15) is 0 Å². The predicted molar refractivity (Wildman–Crippen MR) is 83.1 cm³/mol. The van der Waals surface area contributed by atoms with Crippen LogP contribution >= 0.6 is 22.7 Å². The van der Waals surface area contributed by atoms with E-state index in [-0.39, 0.29) is 0 Å². The van der Waals surface area contributed by atoms with Crippen LogP contribution in [-0.4, -0.2) is 23.6 Å². The fourth-order valence-electron chi connectivity index (χ4n) is 1.74. The molecule has 0 atom stereocenters. The number of aryl methyl sites for hydroxylation is 1. The molecule has 4 nitrogen and oxygen atoms in total. The molecule has 0 fully saturated rings. The lowest BCUT2D eigenvalue weighted by atomic mass is 10.4. The fourth-order valence-corrected chi connectivity index (χ4v) is 3.29. The molecule has 2 aromatic heterocycles. The Balaban J connectivity index is 1.98. The van der Waals surface area contributed by atoms with Crippen molar-refractivity contribution in [3.05, 3.63) is 27.2 Å². The monoisotopic (exact) mass is 296 g/mol. The van der Waals surface area contributed by atoms with Crippen molar-refractivity contribution in [1.29, 1.82) is 0 Å². The van der Waals surface area contributed by atoms with Crippen LogP contribution in [0.4, 0.5) is 5.13 Å². The molecule has 0 unspecified atom stereocenters. The third-order valence-electron chi connectivity index (χ3n) is 2.80. The zero-order chi connectivity index (χ0) is 13.7. The number of nitrogens with one attached hydrogen (secondary N) is 1. The third kappa shape index (κ3) is 3.99. The predicted octanol–water partition coefficient (Wildman–Crippen LogP) is 3.04. The van der Waals surface area contributed by atoms with Gasteiger partial charge in [-0.1, -0.05) is 6.92 Å². The summed E-state index contributed by atoms with van der Waals surface area (Å²) in [5, 5.41) is 6.58. The second-order valence-corrected chi connectivity index (χ2v) is 6.30. The van der Waals surface area contributed by atoms with E-state index in [9.17, 15) is 0 Å². The van der Waals surface area contributed by atoms with Crippen LogP contribution in [0.2, 0.25) is 0 Å². The highest BCUT2D eigenvalue weighted by Crippen LogP contribution is 2.26. The van der Waals surface area contributed by atoms with Gasteiger partial charge < -0.3 is 10.2 Å². The summed E-state index contributed by atoms with van der Waals surface area (Å²) in [6, 6.07) is 0. The van der Waals surface area contributed by atoms with Gasteiger partial charge in [0, 0.05) is 23.8 Å². The highest BCUT2D eigenvalue weighted by molar-refractivity contribution is 7.15. The minimum Gasteiger partial charge on any atom is -0.345 e. The van der Waals surface area contributed by atoms with Gasteiger partial charge in [-0.25, -0.2) is 9.97 Å². The zero-order valence-electron chi connectivity index (χ0n) is 11.6. The molecule has 2 aromatic rings. The number of hydrogen-bond donors (Lipinski definition) is 1. The maximum Gasteiger partial charge on any atom is 0.185 e. The van der Waals surface area contributed by atoms with E-state index in [4.69, 9.17) is 0 Å². The van der Waals surface area contributed by atoms with E-state index >= 15 is 0 Å². The van der Waals surface area contributed by atoms with E-state index in [0.717, 1.165) is 42.6 Å². The average Bonchev–Trinajstić information content (AvgIpc) is 3.00. The van der Waals surface area contributed by atoms with Gasteiger partial charge >= 0.3 is 0 Å². The van der Waals surface area contributed by atoms with Crippen LogP contribution in [0.25, 0.3) is 0 Å². The summed E-state index contributed by atoms with van der Waals surface area (Å²) in [6.45, 7) is 7.06. The summed E-state index contributed by atoms with van der Waals surface area (Å²) >= 11 is 3.40. The lowest BCUT2D eigenvalue weighted by Crippen LogP contribution is -2.16. The van der Waals surface area contributed by atoms with Crippen molar-refractivity contribution in [2.45, 2.75) is 33.4 Å². The van der Waals surface area contributed by atoms with Crippen molar-refractivity contribution in [3.63, 3.8) is 0 Å². The van der Waals surface area contributed by atoms with Crippen molar-refractivity contribution in [2.75, 3.05) is 18.5 Å². The molecule has 0 aliphatic rings. The SMILES string of the molecule is CCCNCc1sc(N(C)Cc2cscn2)nc1C. The molecule has 2 heterocycles. The number of nitrogens with zero attached hydrogens (tertiary/aromatic N) is 3. The Bertz CT molecular complexity index is 493. The first kappa shape index (κ1) is 14.4. The van der Waals surface area contributed by atoms with Gasteiger partial charge in [-0.3, -0.25) is 0 Å². The molecule has 0 saturated carbocycles. The molecule has 0 bridgehead atoms. The molecule has 0 radical (unpaired) electrons. The first-order valence-corrected chi connectivity index (χ1v) is 8.22. The number of hydrogen-bond acceptors (Lipinski definition) is 6. The Morgan fingerprint density at radius 1 is 1.42 bits per heavy atom. The number of aromatic nitrogens is 2. The normalized spacial score (nSPS) is 10.9. The van der Waals surface area contributed by atoms with Crippen LogP contribution in [0.3, 0.4) is 0 Å². The molecule has 0 amide bonds. The summed E-state index contributed by atoms with van der Waals surface area (Å²) in [7, 11) is 2.07. The smallest absolute Gasteiger partial charge is 0.185 e. The summed E-state index contributed by atoms with van der Waals surface area (Å²) in [5.41, 5.74) is 4.11. The molecule has 0 aliphatic carbocycles. The van der Waals surface area contributed by atoms with Crippen molar-refractivity contribution in [1.82, 2.24) is 15.3 Å². The molecule has 0 aliphatic heterocycles. The van der Waals surface area contributed by atoms with Crippen molar-refractivity contribution in [3.8, 4) is 0 Å². The minimum absolute atomic E-state index is 0.818. The Labute approximate surface area is 122 Å². The number of rotatable bonds is 7. The van der Waals surface area contributed by atoms with E-state index in [1.807, 2.05) is 5.51 Å². The van der Waals surface area contributed by atoms with Gasteiger partial charge in [0.15, 0.2) is 5.13 Å². The van der Waals surface area contributed by atoms with Crippen molar-refractivity contribution in [2.24, 2.45) is 0 Å². The van der Waals surface area contributed by atoms with Crippen LogP contribution in [0.1, 0.15) is 29.6 Å². The molecule has 2 rings (SSSR count). The molecule has 19 heavy (non-hydrogen) atoms. The van der Waals surface area contributed by atoms with Crippen LogP contribution in [0.5, 0.6) is 0 Å². The summed E-state index contributed by atoms with van der Waals surface area (Å²) < 4.78 is 0. The molecule has 0 aromatic carbocycles. The van der Waals surface area contributed by atoms with Gasteiger partial charge in [0.25, 0.3) is 0 Å². The second kappa shape index (κ2) is 6.98. The molecular weight excluding hydrogens is 276 g/mol. The zero-order valence-corrected chi connectivity index (χ0v) is 13.3.